The Hall–Kier alpha value is -1.80. The van der Waals surface area contributed by atoms with Crippen molar-refractivity contribution in [1.82, 2.24) is 9.88 Å². The summed E-state index contributed by atoms with van der Waals surface area (Å²) >= 11 is 0. The number of hydrogen-bond acceptors (Lipinski definition) is 6. The van der Waals surface area contributed by atoms with Gasteiger partial charge >= 0.3 is 13.2 Å². The third-order valence-corrected chi connectivity index (χ3v) is 6.46. The van der Waals surface area contributed by atoms with E-state index >= 15 is 0 Å². The number of rotatable bonds is 2. The molecule has 0 aliphatic carbocycles. The largest absolute Gasteiger partial charge is 0.496 e. The van der Waals surface area contributed by atoms with E-state index in [0.717, 1.165) is 24.2 Å². The maximum Gasteiger partial charge on any atom is 0.496 e. The highest BCUT2D eigenvalue weighted by molar-refractivity contribution is 6.62. The van der Waals surface area contributed by atoms with Crippen LogP contribution in [0.5, 0.6) is 0 Å². The molecule has 2 atom stereocenters. The van der Waals surface area contributed by atoms with Crippen LogP contribution in [0, 0.1) is 0 Å². The Morgan fingerprint density at radius 3 is 2.28 bits per heavy atom. The lowest BCUT2D eigenvalue weighted by atomic mass is 9.80. The average Bonchev–Trinajstić information content (AvgIpc) is 3.25. The van der Waals surface area contributed by atoms with Gasteiger partial charge in [-0.3, -0.25) is 0 Å². The van der Waals surface area contributed by atoms with Gasteiger partial charge in [0, 0.05) is 24.7 Å². The highest BCUT2D eigenvalue weighted by Crippen LogP contribution is 2.37. The molecular weight excluding hydrogens is 369 g/mol. The van der Waals surface area contributed by atoms with Crippen molar-refractivity contribution in [3.05, 3.63) is 18.3 Å². The molecule has 3 aliphatic heterocycles. The van der Waals surface area contributed by atoms with Gasteiger partial charge in [0.15, 0.2) is 0 Å². The molecule has 0 spiro atoms. The molecule has 158 valence electrons. The second-order valence-electron chi connectivity index (χ2n) is 10.4. The number of amides is 1. The van der Waals surface area contributed by atoms with Gasteiger partial charge in [-0.25, -0.2) is 9.78 Å². The third kappa shape index (κ3) is 3.72. The average molecular weight is 401 g/mol. The summed E-state index contributed by atoms with van der Waals surface area (Å²) in [6.45, 7) is 15.4. The minimum atomic E-state index is -0.469. The Labute approximate surface area is 173 Å². The molecule has 3 aliphatic rings. The van der Waals surface area contributed by atoms with Crippen LogP contribution in [-0.2, 0) is 14.0 Å². The van der Waals surface area contributed by atoms with Gasteiger partial charge in [-0.1, -0.05) is 6.07 Å². The standard InChI is InChI=1S/C21H32BN3O4/c1-19(2,3)27-18(26)25-13-15-10-16(25)12-24(15)17-9-8-14(11-23-17)22-28-20(4,5)21(6,7)29-22/h8-9,11,15-16H,10,12-13H2,1-7H3. The molecule has 0 radical (unpaired) electrons. The summed E-state index contributed by atoms with van der Waals surface area (Å²) in [4.78, 5) is 21.3. The van der Waals surface area contributed by atoms with E-state index in [2.05, 4.69) is 9.88 Å². The van der Waals surface area contributed by atoms with Crippen molar-refractivity contribution in [3.63, 3.8) is 0 Å². The van der Waals surface area contributed by atoms with Gasteiger partial charge in [0.1, 0.15) is 11.4 Å². The molecule has 0 saturated carbocycles. The van der Waals surface area contributed by atoms with E-state index in [9.17, 15) is 4.79 Å². The fourth-order valence-corrected chi connectivity index (χ4v) is 4.18. The summed E-state index contributed by atoms with van der Waals surface area (Å²) in [5, 5.41) is 0. The third-order valence-electron chi connectivity index (χ3n) is 6.46. The predicted octanol–water partition coefficient (Wildman–Crippen LogP) is 2.58. The summed E-state index contributed by atoms with van der Waals surface area (Å²) in [6, 6.07) is 4.52. The number of likely N-dealkylation sites (tertiary alicyclic amines) is 1. The Kier molecular flexibility index (Phi) is 4.66. The van der Waals surface area contributed by atoms with Crippen LogP contribution < -0.4 is 10.4 Å². The zero-order valence-electron chi connectivity index (χ0n) is 18.6. The Balaban J connectivity index is 1.40. The van der Waals surface area contributed by atoms with Crippen molar-refractivity contribution >= 4 is 24.5 Å². The van der Waals surface area contributed by atoms with Gasteiger partial charge in [-0.2, -0.15) is 0 Å². The normalized spacial score (nSPS) is 27.6. The quantitative estimate of drug-likeness (QED) is 0.710. The summed E-state index contributed by atoms with van der Waals surface area (Å²) < 4.78 is 17.8. The molecule has 29 heavy (non-hydrogen) atoms. The molecule has 4 heterocycles. The van der Waals surface area contributed by atoms with Crippen molar-refractivity contribution in [3.8, 4) is 0 Å². The number of anilines is 1. The maximum absolute atomic E-state index is 12.4. The summed E-state index contributed by atoms with van der Waals surface area (Å²) in [5.74, 6) is 0.932. The molecule has 0 aromatic carbocycles. The minimum absolute atomic E-state index is 0.180. The summed E-state index contributed by atoms with van der Waals surface area (Å²) in [5.41, 5.74) is -0.276. The zero-order valence-corrected chi connectivity index (χ0v) is 18.6. The van der Waals surface area contributed by atoms with E-state index in [-0.39, 0.29) is 29.4 Å². The molecule has 8 heteroatoms. The van der Waals surface area contributed by atoms with Gasteiger partial charge in [-0.15, -0.1) is 0 Å². The first-order valence-corrected chi connectivity index (χ1v) is 10.4. The molecule has 1 aromatic rings. The maximum atomic E-state index is 12.4. The van der Waals surface area contributed by atoms with Crippen LogP contribution in [0.3, 0.4) is 0 Å². The van der Waals surface area contributed by atoms with Gasteiger partial charge in [-0.05, 0) is 61.0 Å². The fraction of sp³-hybridized carbons (Fsp3) is 0.714. The van der Waals surface area contributed by atoms with Crippen LogP contribution in [0.25, 0.3) is 0 Å². The molecule has 2 unspecified atom stereocenters. The van der Waals surface area contributed by atoms with Crippen molar-refractivity contribution in [2.24, 2.45) is 0 Å². The van der Waals surface area contributed by atoms with Crippen molar-refractivity contribution in [1.29, 1.82) is 0 Å². The number of carbonyl (C=O) groups is 1. The second-order valence-corrected chi connectivity index (χ2v) is 10.4. The molecule has 1 amide bonds. The summed E-state index contributed by atoms with van der Waals surface area (Å²) in [6.07, 6.45) is 2.59. The fourth-order valence-electron chi connectivity index (χ4n) is 4.18. The van der Waals surface area contributed by atoms with Crippen molar-refractivity contribution in [2.75, 3.05) is 18.0 Å². The smallest absolute Gasteiger partial charge is 0.444 e. The molecule has 2 bridgehead atoms. The molecule has 4 rings (SSSR count). The monoisotopic (exact) mass is 401 g/mol. The number of aromatic nitrogens is 1. The number of nitrogens with zero attached hydrogens (tertiary/aromatic N) is 3. The summed E-state index contributed by atoms with van der Waals surface area (Å²) in [7, 11) is -0.403. The van der Waals surface area contributed by atoms with Gasteiger partial charge < -0.3 is 23.8 Å². The van der Waals surface area contributed by atoms with E-state index in [1.54, 1.807) is 0 Å². The van der Waals surface area contributed by atoms with E-state index in [1.165, 1.54) is 0 Å². The van der Waals surface area contributed by atoms with Crippen LogP contribution in [0.1, 0.15) is 54.9 Å². The molecule has 1 aromatic heterocycles. The highest BCUT2D eigenvalue weighted by Gasteiger charge is 2.52. The SMILES string of the molecule is CC(C)(C)OC(=O)N1CC2CC1CN2c1ccc(B2OC(C)(C)C(C)(C)O2)cn1. The number of ether oxygens (including phenoxy) is 1. The molecule has 7 nitrogen and oxygen atoms in total. The van der Waals surface area contributed by atoms with Gasteiger partial charge in [0.2, 0.25) is 0 Å². The Morgan fingerprint density at radius 2 is 1.79 bits per heavy atom. The Morgan fingerprint density at radius 1 is 1.14 bits per heavy atom. The minimum Gasteiger partial charge on any atom is -0.444 e. The van der Waals surface area contributed by atoms with Crippen LogP contribution in [0.2, 0.25) is 0 Å². The van der Waals surface area contributed by atoms with Gasteiger partial charge in [0.25, 0.3) is 0 Å². The van der Waals surface area contributed by atoms with Crippen LogP contribution >= 0.6 is 0 Å². The lowest BCUT2D eigenvalue weighted by Gasteiger charge is -2.35. The number of hydrogen-bond donors (Lipinski definition) is 0. The lowest BCUT2D eigenvalue weighted by Crippen LogP contribution is -2.50. The predicted molar refractivity (Wildman–Crippen MR) is 112 cm³/mol. The van der Waals surface area contributed by atoms with Crippen molar-refractivity contribution < 1.29 is 18.8 Å². The van der Waals surface area contributed by atoms with E-state index in [0.29, 0.717) is 6.54 Å². The number of carbonyl (C=O) groups excluding carboxylic acids is 1. The first-order chi connectivity index (χ1) is 13.4. The van der Waals surface area contributed by atoms with Gasteiger partial charge in [0.05, 0.1) is 23.3 Å². The number of fused-ring (bicyclic) bond motifs is 2. The molecular formula is C21H32BN3O4. The van der Waals surface area contributed by atoms with Crippen molar-refractivity contribution in [2.45, 2.75) is 83.8 Å². The topological polar surface area (TPSA) is 64.1 Å². The highest BCUT2D eigenvalue weighted by atomic mass is 16.7. The molecule has 3 fully saturated rings. The lowest BCUT2D eigenvalue weighted by molar-refractivity contribution is 0.00578. The zero-order chi connectivity index (χ0) is 21.2. The van der Waals surface area contributed by atoms with Crippen LogP contribution in [0.4, 0.5) is 10.6 Å². The Bertz CT molecular complexity index is 774. The van der Waals surface area contributed by atoms with E-state index in [4.69, 9.17) is 14.0 Å². The van der Waals surface area contributed by atoms with E-state index < -0.39 is 12.7 Å². The number of pyridine rings is 1. The molecule has 3 saturated heterocycles. The second kappa shape index (κ2) is 6.60. The van der Waals surface area contributed by atoms with E-state index in [1.807, 2.05) is 71.7 Å². The first-order valence-electron chi connectivity index (χ1n) is 10.4. The number of piperazine rings is 1. The van der Waals surface area contributed by atoms with Crippen LogP contribution in [-0.4, -0.2) is 65.1 Å². The van der Waals surface area contributed by atoms with Crippen LogP contribution in [0.15, 0.2) is 18.3 Å². The first kappa shape index (κ1) is 20.5. The molecule has 0 N–H and O–H groups in total.